The highest BCUT2D eigenvalue weighted by Crippen LogP contribution is 2.25. The third kappa shape index (κ3) is 5.44. The van der Waals surface area contributed by atoms with E-state index < -0.39 is 0 Å². The van der Waals surface area contributed by atoms with E-state index in [9.17, 15) is 4.79 Å². The molecular weight excluding hydrogens is 242 g/mol. The summed E-state index contributed by atoms with van der Waals surface area (Å²) in [6, 6.07) is 0.267. The number of amides is 1. The van der Waals surface area contributed by atoms with Gasteiger partial charge >= 0.3 is 0 Å². The number of thioether (sulfide) groups is 1. The van der Waals surface area contributed by atoms with Gasteiger partial charge in [-0.25, -0.2) is 0 Å². The molecule has 16 heavy (non-hydrogen) atoms. The van der Waals surface area contributed by atoms with E-state index in [4.69, 9.17) is 11.6 Å². The van der Waals surface area contributed by atoms with Crippen LogP contribution in [0.2, 0.25) is 0 Å². The SMILES string of the molecule is CCC(CCCl)NC(=O)CC1CCSCC1. The van der Waals surface area contributed by atoms with Crippen LogP contribution < -0.4 is 5.32 Å². The van der Waals surface area contributed by atoms with Gasteiger partial charge in [0.15, 0.2) is 0 Å². The first-order chi connectivity index (χ1) is 7.76. The zero-order valence-electron chi connectivity index (χ0n) is 10.0. The molecule has 0 aliphatic carbocycles. The zero-order valence-corrected chi connectivity index (χ0v) is 11.6. The van der Waals surface area contributed by atoms with Crippen LogP contribution in [0.1, 0.15) is 39.0 Å². The van der Waals surface area contributed by atoms with E-state index >= 15 is 0 Å². The highest BCUT2D eigenvalue weighted by atomic mass is 35.5. The fourth-order valence-electron chi connectivity index (χ4n) is 2.01. The lowest BCUT2D eigenvalue weighted by molar-refractivity contribution is -0.122. The molecule has 1 aliphatic rings. The van der Waals surface area contributed by atoms with E-state index in [1.54, 1.807) is 0 Å². The highest BCUT2D eigenvalue weighted by Gasteiger charge is 2.18. The van der Waals surface area contributed by atoms with Gasteiger partial charge in [0.1, 0.15) is 0 Å². The van der Waals surface area contributed by atoms with E-state index in [2.05, 4.69) is 12.2 Å². The van der Waals surface area contributed by atoms with Gasteiger partial charge in [-0.05, 0) is 43.1 Å². The molecule has 0 spiro atoms. The van der Waals surface area contributed by atoms with Crippen molar-refractivity contribution in [2.75, 3.05) is 17.4 Å². The Kier molecular flexibility index (Phi) is 7.30. The number of nitrogens with one attached hydrogen (secondary N) is 1. The van der Waals surface area contributed by atoms with Gasteiger partial charge in [-0.1, -0.05) is 6.92 Å². The number of alkyl halides is 1. The third-order valence-corrected chi connectivity index (χ3v) is 4.40. The minimum Gasteiger partial charge on any atom is -0.353 e. The van der Waals surface area contributed by atoms with E-state index in [1.807, 2.05) is 11.8 Å². The number of carbonyl (C=O) groups excluding carboxylic acids is 1. The molecule has 1 heterocycles. The second-order valence-corrected chi connectivity index (χ2v) is 6.01. The molecule has 0 saturated carbocycles. The summed E-state index contributed by atoms with van der Waals surface area (Å²) in [6.07, 6.45) is 4.96. The number of halogens is 1. The molecule has 94 valence electrons. The van der Waals surface area contributed by atoms with Crippen molar-refractivity contribution in [3.63, 3.8) is 0 Å². The number of rotatable bonds is 6. The number of carbonyl (C=O) groups is 1. The summed E-state index contributed by atoms with van der Waals surface area (Å²) in [5.41, 5.74) is 0. The van der Waals surface area contributed by atoms with Crippen molar-refractivity contribution in [2.24, 2.45) is 5.92 Å². The van der Waals surface area contributed by atoms with Gasteiger partial charge in [-0.2, -0.15) is 11.8 Å². The lowest BCUT2D eigenvalue weighted by Gasteiger charge is -2.22. The zero-order chi connectivity index (χ0) is 11.8. The van der Waals surface area contributed by atoms with Crippen LogP contribution in [0.15, 0.2) is 0 Å². The molecule has 4 heteroatoms. The fraction of sp³-hybridized carbons (Fsp3) is 0.917. The van der Waals surface area contributed by atoms with Crippen LogP contribution in [0.4, 0.5) is 0 Å². The number of hydrogen-bond donors (Lipinski definition) is 1. The Labute approximate surface area is 108 Å². The van der Waals surface area contributed by atoms with Crippen LogP contribution >= 0.6 is 23.4 Å². The van der Waals surface area contributed by atoms with Gasteiger partial charge in [-0.15, -0.1) is 11.6 Å². The minimum atomic E-state index is 0.217. The van der Waals surface area contributed by atoms with Crippen LogP contribution in [0.5, 0.6) is 0 Å². The topological polar surface area (TPSA) is 29.1 Å². The molecule has 1 atom stereocenters. The molecule has 0 aromatic rings. The summed E-state index contributed by atoms with van der Waals surface area (Å²) in [4.78, 5) is 11.8. The molecule has 0 aromatic heterocycles. The second kappa shape index (κ2) is 8.24. The molecule has 0 radical (unpaired) electrons. The maximum atomic E-state index is 11.8. The molecule has 1 N–H and O–H groups in total. The Hall–Kier alpha value is 0.110. The average molecular weight is 264 g/mol. The van der Waals surface area contributed by atoms with Gasteiger partial charge in [0, 0.05) is 18.3 Å². The van der Waals surface area contributed by atoms with Gasteiger partial charge in [-0.3, -0.25) is 4.79 Å². The van der Waals surface area contributed by atoms with Gasteiger partial charge < -0.3 is 5.32 Å². The summed E-state index contributed by atoms with van der Waals surface area (Å²) in [5.74, 6) is 3.88. The third-order valence-electron chi connectivity index (χ3n) is 3.13. The van der Waals surface area contributed by atoms with Crippen LogP contribution in [-0.2, 0) is 4.79 Å². The molecular formula is C12H22ClNOS. The fourth-order valence-corrected chi connectivity index (χ4v) is 3.48. The summed E-state index contributed by atoms with van der Waals surface area (Å²) in [7, 11) is 0. The van der Waals surface area contributed by atoms with E-state index in [-0.39, 0.29) is 11.9 Å². The van der Waals surface area contributed by atoms with E-state index in [0.717, 1.165) is 12.8 Å². The second-order valence-electron chi connectivity index (χ2n) is 4.41. The minimum absolute atomic E-state index is 0.217. The summed E-state index contributed by atoms with van der Waals surface area (Å²) >= 11 is 7.70. The van der Waals surface area contributed by atoms with Crippen molar-refractivity contribution in [3.8, 4) is 0 Å². The molecule has 0 bridgehead atoms. The van der Waals surface area contributed by atoms with Crippen molar-refractivity contribution in [3.05, 3.63) is 0 Å². The largest absolute Gasteiger partial charge is 0.353 e. The van der Waals surface area contributed by atoms with Crippen molar-refractivity contribution < 1.29 is 4.79 Å². The Balaban J connectivity index is 2.22. The van der Waals surface area contributed by atoms with Gasteiger partial charge in [0.2, 0.25) is 5.91 Å². The first-order valence-corrected chi connectivity index (χ1v) is 7.88. The standard InChI is InChI=1S/C12H22ClNOS/c1-2-11(3-6-13)14-12(15)9-10-4-7-16-8-5-10/h10-11H,2-9H2,1H3,(H,14,15). The van der Waals surface area contributed by atoms with Gasteiger partial charge in [0.05, 0.1) is 0 Å². The van der Waals surface area contributed by atoms with Crippen molar-refractivity contribution in [2.45, 2.75) is 45.1 Å². The molecule has 1 rings (SSSR count). The Morgan fingerprint density at radius 2 is 2.19 bits per heavy atom. The Morgan fingerprint density at radius 3 is 2.75 bits per heavy atom. The normalized spacial score (nSPS) is 19.4. The summed E-state index contributed by atoms with van der Waals surface area (Å²) < 4.78 is 0. The monoisotopic (exact) mass is 263 g/mol. The first-order valence-electron chi connectivity index (χ1n) is 6.19. The maximum Gasteiger partial charge on any atom is 0.220 e. The molecule has 1 amide bonds. The number of hydrogen-bond acceptors (Lipinski definition) is 2. The average Bonchev–Trinajstić information content (AvgIpc) is 2.29. The van der Waals surface area contributed by atoms with E-state index in [0.29, 0.717) is 18.2 Å². The highest BCUT2D eigenvalue weighted by molar-refractivity contribution is 7.99. The van der Waals surface area contributed by atoms with Crippen LogP contribution in [0.25, 0.3) is 0 Å². The van der Waals surface area contributed by atoms with Crippen LogP contribution in [-0.4, -0.2) is 29.3 Å². The first kappa shape index (κ1) is 14.2. The summed E-state index contributed by atoms with van der Waals surface area (Å²) in [6.45, 7) is 2.09. The smallest absolute Gasteiger partial charge is 0.220 e. The molecule has 1 saturated heterocycles. The molecule has 1 aliphatic heterocycles. The van der Waals surface area contributed by atoms with Crippen molar-refractivity contribution in [1.82, 2.24) is 5.32 Å². The van der Waals surface area contributed by atoms with Crippen molar-refractivity contribution >= 4 is 29.3 Å². The molecule has 2 nitrogen and oxygen atoms in total. The molecule has 0 aromatic carbocycles. The Bertz CT molecular complexity index is 198. The lowest BCUT2D eigenvalue weighted by Crippen LogP contribution is -2.36. The predicted molar refractivity (Wildman–Crippen MR) is 72.2 cm³/mol. The summed E-state index contributed by atoms with van der Waals surface area (Å²) in [5, 5.41) is 3.08. The van der Waals surface area contributed by atoms with Crippen LogP contribution in [0.3, 0.4) is 0 Å². The Morgan fingerprint density at radius 1 is 1.50 bits per heavy atom. The van der Waals surface area contributed by atoms with Crippen LogP contribution in [0, 0.1) is 5.92 Å². The molecule has 1 unspecified atom stereocenters. The molecule has 1 fully saturated rings. The van der Waals surface area contributed by atoms with Crippen molar-refractivity contribution in [1.29, 1.82) is 0 Å². The lowest BCUT2D eigenvalue weighted by atomic mass is 9.98. The van der Waals surface area contributed by atoms with Gasteiger partial charge in [0.25, 0.3) is 0 Å². The van der Waals surface area contributed by atoms with E-state index in [1.165, 1.54) is 24.3 Å². The maximum absolute atomic E-state index is 11.8. The predicted octanol–water partition coefficient (Wildman–Crippen LogP) is 3.04. The quantitative estimate of drug-likeness (QED) is 0.747.